The van der Waals surface area contributed by atoms with Gasteiger partial charge in [-0.05, 0) is 27.7 Å². The molecule has 0 aliphatic heterocycles. The summed E-state index contributed by atoms with van der Waals surface area (Å²) >= 11 is 5.08. The van der Waals surface area contributed by atoms with E-state index in [-0.39, 0.29) is 0 Å². The number of hydrogen-bond acceptors (Lipinski definition) is 2. The molecule has 0 bridgehead atoms. The average Bonchev–Trinajstić information content (AvgIpc) is 1.84. The highest BCUT2D eigenvalue weighted by atomic mass is 32.1. The van der Waals surface area contributed by atoms with Crippen LogP contribution in [0.3, 0.4) is 0 Å². The van der Waals surface area contributed by atoms with Gasteiger partial charge >= 0.3 is 0 Å². The summed E-state index contributed by atoms with van der Waals surface area (Å²) in [6.07, 6.45) is 2.63. The van der Waals surface area contributed by atoms with Crippen LogP contribution in [0, 0.1) is 0 Å². The average molecular weight is 186 g/mol. The molecule has 0 fully saturated rings. The molecule has 0 saturated carbocycles. The summed E-state index contributed by atoms with van der Waals surface area (Å²) in [5.41, 5.74) is 0. The Morgan fingerprint density at radius 3 is 2.42 bits per heavy atom. The van der Waals surface area contributed by atoms with Gasteiger partial charge in [-0.3, -0.25) is 4.99 Å². The monoisotopic (exact) mass is 186 g/mol. The Morgan fingerprint density at radius 2 is 2.00 bits per heavy atom. The Morgan fingerprint density at radius 1 is 1.42 bits per heavy atom. The molecule has 70 valence electrons. The summed E-state index contributed by atoms with van der Waals surface area (Å²) in [6, 6.07) is 0.789. The van der Waals surface area contributed by atoms with Crippen LogP contribution in [0.5, 0.6) is 0 Å². The maximum Gasteiger partial charge on any atom is 0.0809 e. The van der Waals surface area contributed by atoms with Crippen molar-refractivity contribution in [1.82, 2.24) is 5.32 Å². The number of hydrogen-bond donors (Lipinski definition) is 1. The molecule has 0 aliphatic rings. The van der Waals surface area contributed by atoms with E-state index in [1.165, 1.54) is 0 Å². The van der Waals surface area contributed by atoms with Gasteiger partial charge in [0.05, 0.1) is 4.99 Å². The van der Waals surface area contributed by atoms with Crippen LogP contribution >= 0.6 is 12.2 Å². The Hall–Kier alpha value is -0.440. The third kappa shape index (κ3) is 7.66. The number of nitrogens with zero attached hydrogens (tertiary/aromatic N) is 1. The van der Waals surface area contributed by atoms with Crippen molar-refractivity contribution in [2.24, 2.45) is 4.99 Å². The maximum atomic E-state index is 5.08. The molecule has 0 aromatic rings. The molecule has 0 unspecified atom stereocenters. The lowest BCUT2D eigenvalue weighted by molar-refractivity contribution is 0.735. The molecule has 2 nitrogen and oxygen atoms in total. The van der Waals surface area contributed by atoms with Gasteiger partial charge in [-0.15, -0.1) is 0 Å². The molecule has 0 saturated heterocycles. The number of rotatable bonds is 4. The highest BCUT2D eigenvalue weighted by Gasteiger charge is 1.95. The van der Waals surface area contributed by atoms with E-state index >= 15 is 0 Å². The molecular weight excluding hydrogens is 168 g/mol. The number of nitrogens with one attached hydrogen (secondary N) is 1. The number of aliphatic imine (C=N–C) groups is 1. The Bertz CT molecular complexity index is 162. The maximum absolute atomic E-state index is 5.08. The summed E-state index contributed by atoms with van der Waals surface area (Å²) in [7, 11) is 0. The molecule has 0 aromatic heterocycles. The van der Waals surface area contributed by atoms with Crippen LogP contribution < -0.4 is 5.32 Å². The highest BCUT2D eigenvalue weighted by molar-refractivity contribution is 7.80. The van der Waals surface area contributed by atoms with Crippen LogP contribution in [0.1, 0.15) is 34.1 Å². The van der Waals surface area contributed by atoms with Gasteiger partial charge in [0.25, 0.3) is 0 Å². The van der Waals surface area contributed by atoms with E-state index in [2.05, 4.69) is 38.0 Å². The van der Waals surface area contributed by atoms with Crippen molar-refractivity contribution in [2.45, 2.75) is 46.2 Å². The molecule has 0 spiro atoms. The van der Waals surface area contributed by atoms with Gasteiger partial charge in [0, 0.05) is 24.7 Å². The Labute approximate surface area is 80.5 Å². The molecule has 0 atom stereocenters. The second kappa shape index (κ2) is 6.12. The van der Waals surface area contributed by atoms with Gasteiger partial charge in [-0.1, -0.05) is 12.2 Å². The lowest BCUT2D eigenvalue weighted by Crippen LogP contribution is -2.28. The predicted molar refractivity (Wildman–Crippen MR) is 59.1 cm³/mol. The second-order valence-electron chi connectivity index (χ2n) is 3.35. The molecule has 12 heavy (non-hydrogen) atoms. The van der Waals surface area contributed by atoms with Crippen LogP contribution in [-0.2, 0) is 0 Å². The first-order valence-corrected chi connectivity index (χ1v) is 4.74. The molecule has 0 aliphatic carbocycles. The van der Waals surface area contributed by atoms with Crippen LogP contribution in [-0.4, -0.2) is 23.3 Å². The summed E-state index contributed by atoms with van der Waals surface area (Å²) < 4.78 is 0. The lowest BCUT2D eigenvalue weighted by atomic mass is 10.3. The minimum absolute atomic E-state index is 0.367. The van der Waals surface area contributed by atoms with E-state index in [1.54, 1.807) is 0 Å². The van der Waals surface area contributed by atoms with Crippen LogP contribution in [0.15, 0.2) is 4.99 Å². The quantitative estimate of drug-likeness (QED) is 0.537. The van der Waals surface area contributed by atoms with Gasteiger partial charge in [-0.2, -0.15) is 0 Å². The third-order valence-corrected chi connectivity index (χ3v) is 1.41. The first kappa shape index (κ1) is 11.6. The van der Waals surface area contributed by atoms with Gasteiger partial charge < -0.3 is 5.32 Å². The van der Waals surface area contributed by atoms with E-state index in [0.29, 0.717) is 12.1 Å². The normalized spacial score (nSPS) is 11.5. The molecule has 1 N–H and O–H groups in total. The molecule has 0 radical (unpaired) electrons. The smallest absolute Gasteiger partial charge is 0.0809 e. The van der Waals surface area contributed by atoms with E-state index in [0.717, 1.165) is 11.4 Å². The predicted octanol–water partition coefficient (Wildman–Crippen LogP) is 2.18. The van der Waals surface area contributed by atoms with Crippen molar-refractivity contribution in [3.63, 3.8) is 0 Å². The largest absolute Gasteiger partial charge is 0.377 e. The second-order valence-corrected chi connectivity index (χ2v) is 3.84. The van der Waals surface area contributed by atoms with E-state index in [1.807, 2.05) is 6.21 Å². The fraction of sp³-hybridized carbons (Fsp3) is 0.778. The molecule has 0 amide bonds. The van der Waals surface area contributed by atoms with Crippen LogP contribution in [0.25, 0.3) is 0 Å². The van der Waals surface area contributed by atoms with Crippen LogP contribution in [0.4, 0.5) is 0 Å². The fourth-order valence-corrected chi connectivity index (χ4v) is 1.04. The van der Waals surface area contributed by atoms with Gasteiger partial charge in [-0.25, -0.2) is 0 Å². The van der Waals surface area contributed by atoms with Crippen molar-refractivity contribution < 1.29 is 0 Å². The van der Waals surface area contributed by atoms with E-state index in [4.69, 9.17) is 12.2 Å². The molecule has 0 aromatic carbocycles. The van der Waals surface area contributed by atoms with Crippen molar-refractivity contribution >= 4 is 23.4 Å². The van der Waals surface area contributed by atoms with E-state index < -0.39 is 0 Å². The fourth-order valence-electron chi connectivity index (χ4n) is 0.727. The lowest BCUT2D eigenvalue weighted by Gasteiger charge is -2.08. The van der Waals surface area contributed by atoms with Crippen molar-refractivity contribution in [3.8, 4) is 0 Å². The highest BCUT2D eigenvalue weighted by Crippen LogP contribution is 1.87. The number of thiocarbonyl (C=S) groups is 1. The van der Waals surface area contributed by atoms with E-state index in [9.17, 15) is 0 Å². The third-order valence-electron chi connectivity index (χ3n) is 1.13. The van der Waals surface area contributed by atoms with Gasteiger partial charge in [0.15, 0.2) is 0 Å². The molecular formula is C9H18N2S. The zero-order valence-electron chi connectivity index (χ0n) is 8.29. The summed E-state index contributed by atoms with van der Waals surface area (Å²) in [6.45, 7) is 8.25. The van der Waals surface area contributed by atoms with Gasteiger partial charge in [0.2, 0.25) is 0 Å². The SMILES string of the molecule is CC(C)N=CCC(=S)NC(C)C. The van der Waals surface area contributed by atoms with Crippen molar-refractivity contribution in [1.29, 1.82) is 0 Å². The first-order chi connectivity index (χ1) is 5.52. The molecule has 0 heterocycles. The first-order valence-electron chi connectivity index (χ1n) is 4.33. The molecule has 0 rings (SSSR count). The summed E-state index contributed by atoms with van der Waals surface area (Å²) in [5, 5.41) is 3.16. The zero-order chi connectivity index (χ0) is 9.56. The Kier molecular flexibility index (Phi) is 5.89. The summed E-state index contributed by atoms with van der Waals surface area (Å²) in [4.78, 5) is 5.09. The summed E-state index contributed by atoms with van der Waals surface area (Å²) in [5.74, 6) is 0. The standard InChI is InChI=1S/C9H18N2S/c1-7(2)10-6-5-9(12)11-8(3)4/h6-8H,5H2,1-4H3,(H,11,12). The van der Waals surface area contributed by atoms with Crippen molar-refractivity contribution in [3.05, 3.63) is 0 Å². The molecule has 3 heteroatoms. The zero-order valence-corrected chi connectivity index (χ0v) is 9.11. The van der Waals surface area contributed by atoms with Crippen molar-refractivity contribution in [2.75, 3.05) is 0 Å². The van der Waals surface area contributed by atoms with Gasteiger partial charge in [0.1, 0.15) is 0 Å². The Balaban J connectivity index is 3.57. The topological polar surface area (TPSA) is 24.4 Å². The minimum Gasteiger partial charge on any atom is -0.377 e. The van der Waals surface area contributed by atoms with Crippen LogP contribution in [0.2, 0.25) is 0 Å². The minimum atomic E-state index is 0.367.